The minimum atomic E-state index is -4.66. The third kappa shape index (κ3) is 5.48. The van der Waals surface area contributed by atoms with E-state index in [4.69, 9.17) is 0 Å². The Balaban J connectivity index is 1.77. The number of alkyl halides is 5. The largest absolute Gasteiger partial charge is 0.451 e. The summed E-state index contributed by atoms with van der Waals surface area (Å²) in [5.74, 6) is -5.01. The molecule has 1 aromatic carbocycles. The van der Waals surface area contributed by atoms with Crippen LogP contribution in [0.15, 0.2) is 42.7 Å². The van der Waals surface area contributed by atoms with Crippen LogP contribution in [-0.4, -0.2) is 28.3 Å². The van der Waals surface area contributed by atoms with Crippen LogP contribution in [0.4, 0.5) is 22.0 Å². The number of rotatable bonds is 5. The zero-order chi connectivity index (χ0) is 21.1. The van der Waals surface area contributed by atoms with Gasteiger partial charge in [0.05, 0.1) is 0 Å². The van der Waals surface area contributed by atoms with Crippen molar-refractivity contribution in [1.29, 1.82) is 0 Å². The van der Waals surface area contributed by atoms with Crippen molar-refractivity contribution in [1.82, 2.24) is 15.3 Å². The van der Waals surface area contributed by atoms with Gasteiger partial charge in [0.2, 0.25) is 11.7 Å². The number of hydrogen-bond donors (Lipinski definition) is 1. The molecule has 1 aliphatic rings. The highest BCUT2D eigenvalue weighted by Gasteiger charge is 2.39. The van der Waals surface area contributed by atoms with E-state index >= 15 is 0 Å². The van der Waals surface area contributed by atoms with Gasteiger partial charge in [-0.25, -0.2) is 18.7 Å². The first-order valence-electron chi connectivity index (χ1n) is 9.26. The molecule has 29 heavy (non-hydrogen) atoms. The molecular weight excluding hydrogens is 393 g/mol. The van der Waals surface area contributed by atoms with Gasteiger partial charge in [-0.3, -0.25) is 4.79 Å². The fourth-order valence-corrected chi connectivity index (χ4v) is 3.59. The first-order valence-corrected chi connectivity index (χ1v) is 9.26. The molecule has 1 saturated carbocycles. The Bertz CT molecular complexity index is 814. The van der Waals surface area contributed by atoms with Crippen molar-refractivity contribution in [3.05, 3.63) is 59.7 Å². The number of aromatic nitrogens is 2. The highest BCUT2D eigenvalue weighted by molar-refractivity contribution is 5.94. The molecule has 0 spiro atoms. The van der Waals surface area contributed by atoms with E-state index in [0.29, 0.717) is 11.1 Å². The highest BCUT2D eigenvalue weighted by Crippen LogP contribution is 2.42. The molecule has 1 N–H and O–H groups in total. The van der Waals surface area contributed by atoms with Gasteiger partial charge in [0, 0.05) is 43.3 Å². The summed E-state index contributed by atoms with van der Waals surface area (Å²) in [6.45, 7) is 0.0959. The molecular formula is C20H20F5N3O. The molecule has 1 aromatic heterocycles. The molecule has 0 radical (unpaired) electrons. The number of carbonyl (C=O) groups excluding carboxylic acids is 1. The molecule has 1 aliphatic carbocycles. The second kappa shape index (κ2) is 8.42. The third-order valence-corrected chi connectivity index (χ3v) is 5.20. The average molecular weight is 413 g/mol. The van der Waals surface area contributed by atoms with Crippen LogP contribution < -0.4 is 5.32 Å². The smallest absolute Gasteiger partial charge is 0.351 e. The van der Waals surface area contributed by atoms with Gasteiger partial charge in [-0.2, -0.15) is 13.2 Å². The maximum absolute atomic E-state index is 13.5. The van der Waals surface area contributed by atoms with Crippen LogP contribution in [0.2, 0.25) is 0 Å². The minimum Gasteiger partial charge on any atom is -0.351 e. The summed E-state index contributed by atoms with van der Waals surface area (Å²) in [6, 6.07) is 8.44. The van der Waals surface area contributed by atoms with Crippen LogP contribution in [0.5, 0.6) is 0 Å². The van der Waals surface area contributed by atoms with Crippen molar-refractivity contribution in [2.75, 3.05) is 6.54 Å². The van der Waals surface area contributed by atoms with E-state index in [1.807, 2.05) is 0 Å². The van der Waals surface area contributed by atoms with Gasteiger partial charge in [0.25, 0.3) is 5.91 Å². The lowest BCUT2D eigenvalue weighted by molar-refractivity contribution is -0.145. The van der Waals surface area contributed by atoms with Crippen LogP contribution in [0.1, 0.15) is 53.3 Å². The van der Waals surface area contributed by atoms with Gasteiger partial charge in [0.1, 0.15) is 0 Å². The topological polar surface area (TPSA) is 54.9 Å². The Hall–Kier alpha value is -2.58. The molecule has 0 aliphatic heterocycles. The molecule has 3 rings (SSSR count). The average Bonchev–Trinajstić information content (AvgIpc) is 2.69. The summed E-state index contributed by atoms with van der Waals surface area (Å²) in [6.07, 6.45) is -2.68. The number of nitrogens with one attached hydrogen (secondary N) is 1. The summed E-state index contributed by atoms with van der Waals surface area (Å²) < 4.78 is 65.3. The van der Waals surface area contributed by atoms with Crippen LogP contribution in [-0.2, 0) is 6.18 Å². The lowest BCUT2D eigenvalue weighted by Crippen LogP contribution is -2.35. The molecule has 9 heteroatoms. The molecule has 0 saturated heterocycles. The number of halogens is 5. The number of nitrogens with zero attached hydrogens (tertiary/aromatic N) is 2. The van der Waals surface area contributed by atoms with Gasteiger partial charge in [-0.15, -0.1) is 0 Å². The first-order chi connectivity index (χ1) is 13.7. The first kappa shape index (κ1) is 21.1. The van der Waals surface area contributed by atoms with Gasteiger partial charge in [-0.1, -0.05) is 18.2 Å². The number of carbonyl (C=O) groups is 1. The Labute approximate surface area is 164 Å². The van der Waals surface area contributed by atoms with Crippen LogP contribution in [0.3, 0.4) is 0 Å². The Morgan fingerprint density at radius 3 is 2.24 bits per heavy atom. The minimum absolute atomic E-state index is 0.0959. The van der Waals surface area contributed by atoms with E-state index in [9.17, 15) is 26.7 Å². The van der Waals surface area contributed by atoms with Gasteiger partial charge in [0.15, 0.2) is 0 Å². The quantitative estimate of drug-likeness (QED) is 0.714. The second-order valence-electron chi connectivity index (χ2n) is 7.21. The number of benzene rings is 1. The van der Waals surface area contributed by atoms with Crippen molar-refractivity contribution >= 4 is 5.91 Å². The van der Waals surface area contributed by atoms with Crippen molar-refractivity contribution < 1.29 is 26.7 Å². The van der Waals surface area contributed by atoms with Crippen molar-refractivity contribution in [2.24, 2.45) is 5.92 Å². The van der Waals surface area contributed by atoms with Crippen LogP contribution in [0.25, 0.3) is 0 Å². The van der Waals surface area contributed by atoms with Crippen molar-refractivity contribution in [3.63, 3.8) is 0 Å². The zero-order valence-electron chi connectivity index (χ0n) is 15.4. The van der Waals surface area contributed by atoms with E-state index in [-0.39, 0.29) is 44.1 Å². The molecule has 0 bridgehead atoms. The number of hydrogen-bond acceptors (Lipinski definition) is 3. The Morgan fingerprint density at radius 1 is 1.10 bits per heavy atom. The van der Waals surface area contributed by atoms with E-state index in [1.165, 1.54) is 0 Å². The zero-order valence-corrected chi connectivity index (χ0v) is 15.4. The van der Waals surface area contributed by atoms with Crippen LogP contribution >= 0.6 is 0 Å². The monoisotopic (exact) mass is 413 g/mol. The Morgan fingerprint density at radius 2 is 1.69 bits per heavy atom. The normalized spacial score (nSPS) is 18.2. The standard InChI is InChI=1S/C20H20F5N3O/c21-19(22)8-6-13(7-9-19)16(12-26-17(29)14-4-2-1-3-5-14)15-10-27-18(28-11-15)20(23,24)25/h1-5,10-11,13,16H,6-9,12H2,(H,26,29). The third-order valence-electron chi connectivity index (χ3n) is 5.20. The molecule has 2 aromatic rings. The van der Waals surface area contributed by atoms with Crippen molar-refractivity contribution in [2.45, 2.75) is 43.7 Å². The molecule has 156 valence electrons. The summed E-state index contributed by atoms with van der Waals surface area (Å²) in [7, 11) is 0. The molecule has 1 unspecified atom stereocenters. The van der Waals surface area contributed by atoms with E-state index in [0.717, 1.165) is 12.4 Å². The van der Waals surface area contributed by atoms with E-state index < -0.39 is 23.8 Å². The summed E-state index contributed by atoms with van der Waals surface area (Å²) in [5.41, 5.74) is 0.826. The van der Waals surface area contributed by atoms with Gasteiger partial charge in [-0.05, 0) is 36.5 Å². The predicted molar refractivity (Wildman–Crippen MR) is 95.5 cm³/mol. The molecule has 4 nitrogen and oxygen atoms in total. The maximum atomic E-state index is 13.5. The van der Waals surface area contributed by atoms with E-state index in [2.05, 4.69) is 15.3 Å². The van der Waals surface area contributed by atoms with Gasteiger partial charge < -0.3 is 5.32 Å². The molecule has 1 amide bonds. The predicted octanol–water partition coefficient (Wildman–Crippen LogP) is 4.83. The SMILES string of the molecule is O=C(NCC(c1cnc(C(F)(F)F)nc1)C1CCC(F)(F)CC1)c1ccccc1. The second-order valence-corrected chi connectivity index (χ2v) is 7.21. The lowest BCUT2D eigenvalue weighted by atomic mass is 9.76. The van der Waals surface area contributed by atoms with Gasteiger partial charge >= 0.3 is 6.18 Å². The van der Waals surface area contributed by atoms with E-state index in [1.54, 1.807) is 30.3 Å². The summed E-state index contributed by atoms with van der Waals surface area (Å²) >= 11 is 0. The fourth-order valence-electron chi connectivity index (χ4n) is 3.59. The fraction of sp³-hybridized carbons (Fsp3) is 0.450. The highest BCUT2D eigenvalue weighted by atomic mass is 19.4. The molecule has 1 atom stereocenters. The summed E-state index contributed by atoms with van der Waals surface area (Å²) in [4.78, 5) is 19.1. The number of amides is 1. The maximum Gasteiger partial charge on any atom is 0.451 e. The Kier molecular flexibility index (Phi) is 6.14. The molecule has 1 fully saturated rings. The van der Waals surface area contributed by atoms with Crippen LogP contribution in [0, 0.1) is 5.92 Å². The lowest BCUT2D eigenvalue weighted by Gasteiger charge is -2.34. The van der Waals surface area contributed by atoms with Crippen molar-refractivity contribution in [3.8, 4) is 0 Å². The molecule has 1 heterocycles. The summed E-state index contributed by atoms with van der Waals surface area (Å²) in [5, 5.41) is 2.76.